The van der Waals surface area contributed by atoms with Crippen molar-refractivity contribution in [1.29, 1.82) is 0 Å². The summed E-state index contributed by atoms with van der Waals surface area (Å²) >= 11 is 0. The number of aromatic hydroxyl groups is 3. The summed E-state index contributed by atoms with van der Waals surface area (Å²) in [5.41, 5.74) is -1.21. The van der Waals surface area contributed by atoms with E-state index < -0.39 is 39.9 Å². The summed E-state index contributed by atoms with van der Waals surface area (Å²) in [6.07, 6.45) is 1.46. The van der Waals surface area contributed by atoms with Crippen molar-refractivity contribution in [2.24, 2.45) is 0 Å². The lowest BCUT2D eigenvalue weighted by Gasteiger charge is -2.03. The van der Waals surface area contributed by atoms with Gasteiger partial charge in [0.25, 0.3) is 0 Å². The lowest BCUT2D eigenvalue weighted by Crippen LogP contribution is -2.05. The Morgan fingerprint density at radius 3 is 2.52 bits per heavy atom. The van der Waals surface area contributed by atoms with Gasteiger partial charge in [-0.25, -0.2) is 9.18 Å². The Bertz CT molecular complexity index is 831. The Hall–Kier alpha value is -2.83. The molecule has 0 heterocycles. The number of ether oxygens (including phenoxy) is 1. The number of carbonyl (C=O) groups is 1. The number of hydrogen-bond acceptors (Lipinski definition) is 6. The van der Waals surface area contributed by atoms with Crippen LogP contribution in [0.4, 0.5) is 4.39 Å². The Morgan fingerprint density at radius 1 is 1.17 bits per heavy atom. The Kier molecular flexibility index (Phi) is 4.68. The van der Waals surface area contributed by atoms with Crippen molar-refractivity contribution in [3.8, 4) is 17.2 Å². The highest BCUT2D eigenvalue weighted by atomic mass is 19.1. The number of phenols is 2. The van der Waals surface area contributed by atoms with Gasteiger partial charge < -0.3 is 20.1 Å². The van der Waals surface area contributed by atoms with Gasteiger partial charge in [0.05, 0.1) is 17.6 Å². The molecule has 0 saturated heterocycles. The predicted molar refractivity (Wildman–Crippen MR) is 80.4 cm³/mol. The molecule has 0 spiro atoms. The van der Waals surface area contributed by atoms with Crippen LogP contribution in [-0.2, 0) is 4.74 Å². The zero-order chi connectivity index (χ0) is 17.1. The second kappa shape index (κ2) is 6.51. The number of rotatable bonds is 4. The van der Waals surface area contributed by atoms with Crippen molar-refractivity contribution in [3.05, 3.63) is 39.8 Å². The number of phenolic OH excluding ortho intramolecular Hbond substituents is 2. The van der Waals surface area contributed by atoms with Gasteiger partial charge in [-0.05, 0) is 30.0 Å². The van der Waals surface area contributed by atoms with Crippen molar-refractivity contribution in [1.82, 2.24) is 0 Å². The molecular weight excluding hydrogens is 307 g/mol. The van der Waals surface area contributed by atoms with Gasteiger partial charge in [-0.2, -0.15) is 0 Å². The van der Waals surface area contributed by atoms with Crippen molar-refractivity contribution < 1.29 is 29.2 Å². The number of hydrogen-bond donors (Lipinski definition) is 3. The first-order valence-corrected chi connectivity index (χ1v) is 6.95. The number of halogens is 1. The van der Waals surface area contributed by atoms with Crippen molar-refractivity contribution >= 4 is 16.7 Å². The molecule has 2 aromatic carbocycles. The van der Waals surface area contributed by atoms with E-state index >= 15 is 0 Å². The first-order chi connectivity index (χ1) is 10.9. The van der Waals surface area contributed by atoms with Gasteiger partial charge in [-0.3, -0.25) is 4.79 Å². The Balaban J connectivity index is 2.67. The number of benzene rings is 1. The van der Waals surface area contributed by atoms with Crippen LogP contribution in [0.3, 0.4) is 0 Å². The molecule has 6 nitrogen and oxygen atoms in total. The van der Waals surface area contributed by atoms with Crippen LogP contribution in [0.5, 0.6) is 17.2 Å². The molecular formula is C16H15FO6. The van der Waals surface area contributed by atoms with E-state index in [-0.39, 0.29) is 17.6 Å². The summed E-state index contributed by atoms with van der Waals surface area (Å²) < 4.78 is 18.5. The van der Waals surface area contributed by atoms with E-state index in [1.54, 1.807) is 0 Å². The summed E-state index contributed by atoms with van der Waals surface area (Å²) in [6, 6.07) is 2.77. The van der Waals surface area contributed by atoms with Gasteiger partial charge in [0.15, 0.2) is 23.1 Å². The van der Waals surface area contributed by atoms with Crippen LogP contribution < -0.4 is 5.43 Å². The van der Waals surface area contributed by atoms with Gasteiger partial charge >= 0.3 is 5.97 Å². The molecule has 0 aromatic heterocycles. The van der Waals surface area contributed by atoms with Crippen LogP contribution in [0, 0.1) is 5.82 Å². The van der Waals surface area contributed by atoms with E-state index in [0.717, 1.165) is 24.6 Å². The fourth-order valence-electron chi connectivity index (χ4n) is 2.06. The van der Waals surface area contributed by atoms with Crippen LogP contribution in [0.2, 0.25) is 0 Å². The lowest BCUT2D eigenvalue weighted by molar-refractivity contribution is 0.0499. The molecule has 0 saturated carbocycles. The van der Waals surface area contributed by atoms with Gasteiger partial charge in [0.1, 0.15) is 0 Å². The summed E-state index contributed by atoms with van der Waals surface area (Å²) in [6.45, 7) is 2.08. The number of carbonyl (C=O) groups excluding carboxylic acids is 1. The average molecular weight is 322 g/mol. The summed E-state index contributed by atoms with van der Waals surface area (Å²) in [5.74, 6) is -4.89. The summed E-state index contributed by atoms with van der Waals surface area (Å²) in [5, 5.41) is 28.2. The molecule has 0 bridgehead atoms. The average Bonchev–Trinajstić information content (AvgIpc) is 2.63. The lowest BCUT2D eigenvalue weighted by atomic mass is 10.1. The standard InChI is InChI=1S/C16H15FO6/c1-2-3-4-23-16(22)9-5-8-6-10(17)13(19)15(21)12(8)14(20)11(18)7-9/h5-7,19,21H,2-4H2,1H3,(H,18,20). The number of unbranched alkanes of at least 4 members (excludes halogenated alkanes) is 1. The molecule has 3 N–H and O–H groups in total. The van der Waals surface area contributed by atoms with Gasteiger partial charge in [-0.1, -0.05) is 13.3 Å². The van der Waals surface area contributed by atoms with Crippen molar-refractivity contribution in [2.45, 2.75) is 19.8 Å². The van der Waals surface area contributed by atoms with Gasteiger partial charge in [0.2, 0.25) is 5.43 Å². The zero-order valence-electron chi connectivity index (χ0n) is 12.3. The van der Waals surface area contributed by atoms with Crippen LogP contribution in [0.15, 0.2) is 23.0 Å². The largest absolute Gasteiger partial charge is 0.504 e. The van der Waals surface area contributed by atoms with Gasteiger partial charge in [0, 0.05) is 0 Å². The molecule has 23 heavy (non-hydrogen) atoms. The van der Waals surface area contributed by atoms with Crippen LogP contribution in [0.1, 0.15) is 30.1 Å². The zero-order valence-corrected chi connectivity index (χ0v) is 12.3. The number of esters is 1. The normalized spacial score (nSPS) is 10.7. The maximum absolute atomic E-state index is 13.6. The molecule has 122 valence electrons. The molecule has 0 aliphatic rings. The highest BCUT2D eigenvalue weighted by molar-refractivity contribution is 5.97. The summed E-state index contributed by atoms with van der Waals surface area (Å²) in [4.78, 5) is 24.0. The molecule has 0 amide bonds. The van der Waals surface area contributed by atoms with Crippen molar-refractivity contribution in [3.63, 3.8) is 0 Å². The maximum atomic E-state index is 13.6. The number of fused-ring (bicyclic) bond motifs is 1. The molecule has 0 aliphatic heterocycles. The van der Waals surface area contributed by atoms with Crippen LogP contribution in [0.25, 0.3) is 10.8 Å². The van der Waals surface area contributed by atoms with Crippen molar-refractivity contribution in [2.75, 3.05) is 6.61 Å². The third kappa shape index (κ3) is 3.18. The molecule has 0 radical (unpaired) electrons. The van der Waals surface area contributed by atoms with E-state index in [1.807, 2.05) is 6.92 Å². The van der Waals surface area contributed by atoms with E-state index in [1.165, 1.54) is 0 Å². The smallest absolute Gasteiger partial charge is 0.338 e. The molecule has 7 heteroatoms. The molecule has 2 rings (SSSR count). The minimum atomic E-state index is -1.16. The maximum Gasteiger partial charge on any atom is 0.338 e. The first kappa shape index (κ1) is 16.5. The minimum absolute atomic E-state index is 0.148. The van der Waals surface area contributed by atoms with Crippen LogP contribution in [-0.4, -0.2) is 27.9 Å². The highest BCUT2D eigenvalue weighted by Gasteiger charge is 2.18. The molecule has 0 atom stereocenters. The highest BCUT2D eigenvalue weighted by Crippen LogP contribution is 2.35. The van der Waals surface area contributed by atoms with E-state index in [9.17, 15) is 29.3 Å². The van der Waals surface area contributed by atoms with E-state index in [0.29, 0.717) is 6.42 Å². The predicted octanol–water partition coefficient (Wildman–Crippen LogP) is 2.41. The molecule has 2 aromatic rings. The SMILES string of the molecule is CCCCOC(=O)c1cc(O)c(=O)c2c(O)c(O)c(F)cc2c1. The first-order valence-electron chi connectivity index (χ1n) is 6.95. The topological polar surface area (TPSA) is 104 Å². The third-order valence-corrected chi connectivity index (χ3v) is 3.29. The fraction of sp³-hybridized carbons (Fsp3) is 0.250. The Morgan fingerprint density at radius 2 is 1.87 bits per heavy atom. The molecule has 0 fully saturated rings. The fourth-order valence-corrected chi connectivity index (χ4v) is 2.06. The Labute approximate surface area is 130 Å². The van der Waals surface area contributed by atoms with E-state index in [2.05, 4.69) is 0 Å². The monoisotopic (exact) mass is 322 g/mol. The summed E-state index contributed by atoms with van der Waals surface area (Å²) in [7, 11) is 0. The van der Waals surface area contributed by atoms with Crippen LogP contribution >= 0.6 is 0 Å². The quantitative estimate of drug-likeness (QED) is 0.454. The van der Waals surface area contributed by atoms with E-state index in [4.69, 9.17) is 4.74 Å². The second-order valence-electron chi connectivity index (χ2n) is 4.97. The van der Waals surface area contributed by atoms with Gasteiger partial charge in [-0.15, -0.1) is 0 Å². The molecule has 0 unspecified atom stereocenters. The molecule has 0 aliphatic carbocycles. The minimum Gasteiger partial charge on any atom is -0.504 e. The third-order valence-electron chi connectivity index (χ3n) is 3.29. The second-order valence-corrected chi connectivity index (χ2v) is 4.97.